The van der Waals surface area contributed by atoms with Crippen molar-refractivity contribution in [3.05, 3.63) is 93.7 Å². The van der Waals surface area contributed by atoms with E-state index in [1.54, 1.807) is 73.8 Å². The predicted molar refractivity (Wildman–Crippen MR) is 132 cm³/mol. The number of hydrogen-bond donors (Lipinski definition) is 1. The minimum Gasteiger partial charge on any atom is -0.497 e. The lowest BCUT2D eigenvalue weighted by molar-refractivity contribution is -0.118. The van der Waals surface area contributed by atoms with Gasteiger partial charge in [-0.3, -0.25) is 14.2 Å². The van der Waals surface area contributed by atoms with E-state index in [1.807, 2.05) is 6.07 Å². The molecule has 0 aliphatic rings. The number of rotatable bonds is 7. The number of nitrogens with zero attached hydrogens (tertiary/aromatic N) is 3. The van der Waals surface area contributed by atoms with E-state index in [1.165, 1.54) is 10.8 Å². The van der Waals surface area contributed by atoms with Crippen LogP contribution in [0, 0.1) is 0 Å². The Bertz CT molecular complexity index is 1370. The smallest absolute Gasteiger partial charge is 0.266 e. The van der Waals surface area contributed by atoms with Gasteiger partial charge in [0.05, 0.1) is 35.7 Å². The minimum absolute atomic E-state index is 0.0267. The molecule has 1 N–H and O–H groups in total. The number of aromatic nitrogens is 2. The van der Waals surface area contributed by atoms with Crippen LogP contribution in [0.25, 0.3) is 16.6 Å². The van der Waals surface area contributed by atoms with Gasteiger partial charge in [0.25, 0.3) is 11.5 Å². The number of carbonyl (C=O) groups is 1. The number of para-hydroxylation sites is 1. The van der Waals surface area contributed by atoms with Crippen LogP contribution in [0.3, 0.4) is 0 Å². The Labute approximate surface area is 199 Å². The first-order chi connectivity index (χ1) is 16.0. The molecule has 1 aromatic heterocycles. The molecule has 0 saturated carbocycles. The Kier molecular flexibility index (Phi) is 7.07. The van der Waals surface area contributed by atoms with Gasteiger partial charge in [-0.1, -0.05) is 47.6 Å². The average Bonchev–Trinajstić information content (AvgIpc) is 2.84. The lowest BCUT2D eigenvalue weighted by Gasteiger charge is -2.13. The van der Waals surface area contributed by atoms with Crippen LogP contribution in [0.5, 0.6) is 5.75 Å². The van der Waals surface area contributed by atoms with Gasteiger partial charge in [0, 0.05) is 5.02 Å². The summed E-state index contributed by atoms with van der Waals surface area (Å²) >= 11 is 7.02. The number of fused-ring (bicyclic) bond motifs is 1. The average molecular weight is 479 g/mol. The molecule has 4 aromatic rings. The van der Waals surface area contributed by atoms with Gasteiger partial charge < -0.3 is 4.74 Å². The molecule has 1 heterocycles. The summed E-state index contributed by atoms with van der Waals surface area (Å²) in [6.07, 6.45) is 1.53. The van der Waals surface area contributed by atoms with Crippen LogP contribution in [0.4, 0.5) is 0 Å². The molecule has 0 unspecified atom stereocenters. The van der Waals surface area contributed by atoms with Crippen molar-refractivity contribution in [1.82, 2.24) is 15.0 Å². The summed E-state index contributed by atoms with van der Waals surface area (Å²) in [6.45, 7) is 0. The number of amides is 1. The molecule has 9 heteroatoms. The van der Waals surface area contributed by atoms with Crippen LogP contribution in [0.15, 0.2) is 87.8 Å². The highest BCUT2D eigenvalue weighted by molar-refractivity contribution is 7.99. The van der Waals surface area contributed by atoms with E-state index in [0.29, 0.717) is 32.5 Å². The Morgan fingerprint density at radius 3 is 2.58 bits per heavy atom. The number of methoxy groups -OCH3 is 1. The third-order valence-corrected chi connectivity index (χ3v) is 5.87. The molecule has 0 aliphatic carbocycles. The Morgan fingerprint density at radius 1 is 1.12 bits per heavy atom. The number of hydrazone groups is 1. The predicted octanol–water partition coefficient (Wildman–Crippen LogP) is 4.29. The summed E-state index contributed by atoms with van der Waals surface area (Å²) in [5, 5.41) is 5.49. The molecule has 3 aromatic carbocycles. The molecule has 0 aliphatic heterocycles. The van der Waals surface area contributed by atoms with Gasteiger partial charge in [-0.25, -0.2) is 10.4 Å². The molecule has 0 atom stereocenters. The first-order valence-corrected chi connectivity index (χ1v) is 11.3. The maximum absolute atomic E-state index is 13.2. The van der Waals surface area contributed by atoms with Crippen LogP contribution >= 0.6 is 23.4 Å². The number of halogens is 1. The number of ether oxygens (including phenoxy) is 1. The van der Waals surface area contributed by atoms with E-state index in [4.69, 9.17) is 16.3 Å². The van der Waals surface area contributed by atoms with E-state index in [2.05, 4.69) is 15.5 Å². The number of benzene rings is 3. The van der Waals surface area contributed by atoms with Crippen molar-refractivity contribution in [2.75, 3.05) is 12.9 Å². The highest BCUT2D eigenvalue weighted by Gasteiger charge is 2.15. The first kappa shape index (κ1) is 22.6. The fraction of sp³-hybridized carbons (Fsp3) is 0.0833. The van der Waals surface area contributed by atoms with Gasteiger partial charge in [0.15, 0.2) is 5.16 Å². The highest BCUT2D eigenvalue weighted by atomic mass is 35.5. The van der Waals surface area contributed by atoms with Gasteiger partial charge in [-0.2, -0.15) is 5.10 Å². The zero-order valence-electron chi connectivity index (χ0n) is 17.6. The van der Waals surface area contributed by atoms with Crippen molar-refractivity contribution < 1.29 is 9.53 Å². The molecule has 4 rings (SSSR count). The summed E-state index contributed by atoms with van der Waals surface area (Å²) in [4.78, 5) is 30.2. The SMILES string of the molecule is COc1ccc(-n2c(SCC(=O)N/N=C\c3ccc(Cl)cc3)nc3ccccc3c2=O)cc1. The Balaban J connectivity index is 1.56. The van der Waals surface area contributed by atoms with Crippen molar-refractivity contribution >= 4 is 46.4 Å². The first-order valence-electron chi connectivity index (χ1n) is 9.91. The summed E-state index contributed by atoms with van der Waals surface area (Å²) in [7, 11) is 1.58. The Morgan fingerprint density at radius 2 is 1.85 bits per heavy atom. The van der Waals surface area contributed by atoms with E-state index in [-0.39, 0.29) is 17.2 Å². The second kappa shape index (κ2) is 10.3. The maximum atomic E-state index is 13.2. The van der Waals surface area contributed by atoms with Crippen molar-refractivity contribution in [3.8, 4) is 11.4 Å². The molecular formula is C24H19ClN4O3S. The van der Waals surface area contributed by atoms with E-state index < -0.39 is 0 Å². The largest absolute Gasteiger partial charge is 0.497 e. The van der Waals surface area contributed by atoms with Crippen LogP contribution < -0.4 is 15.7 Å². The zero-order valence-corrected chi connectivity index (χ0v) is 19.1. The summed E-state index contributed by atoms with van der Waals surface area (Å²) in [6, 6.07) is 21.3. The van der Waals surface area contributed by atoms with Crippen LogP contribution in [-0.2, 0) is 4.79 Å². The molecule has 0 spiro atoms. The molecular weight excluding hydrogens is 460 g/mol. The fourth-order valence-corrected chi connectivity index (χ4v) is 3.99. The Hall–Kier alpha value is -3.62. The molecule has 7 nitrogen and oxygen atoms in total. The quantitative estimate of drug-likeness (QED) is 0.185. The lowest BCUT2D eigenvalue weighted by Crippen LogP contribution is -2.24. The van der Waals surface area contributed by atoms with Crippen LogP contribution in [-0.4, -0.2) is 34.5 Å². The zero-order chi connectivity index (χ0) is 23.2. The van der Waals surface area contributed by atoms with E-state index in [9.17, 15) is 9.59 Å². The standard InChI is InChI=1S/C24H19ClN4O3S/c1-32-19-12-10-18(11-13-19)29-23(31)20-4-2-3-5-21(20)27-24(29)33-15-22(30)28-26-14-16-6-8-17(25)9-7-16/h2-14H,15H2,1H3,(H,28,30)/b26-14-. The third kappa shape index (κ3) is 5.42. The van der Waals surface area contributed by atoms with Gasteiger partial charge in [0.1, 0.15) is 5.75 Å². The molecule has 0 bridgehead atoms. The normalized spacial score (nSPS) is 11.1. The second-order valence-electron chi connectivity index (χ2n) is 6.88. The van der Waals surface area contributed by atoms with Gasteiger partial charge in [-0.05, 0) is 54.1 Å². The van der Waals surface area contributed by atoms with Crippen molar-refractivity contribution in [1.29, 1.82) is 0 Å². The summed E-state index contributed by atoms with van der Waals surface area (Å²) < 4.78 is 6.71. The molecule has 0 saturated heterocycles. The summed E-state index contributed by atoms with van der Waals surface area (Å²) in [5.41, 5.74) is 4.27. The molecule has 166 valence electrons. The number of hydrogen-bond acceptors (Lipinski definition) is 6. The number of nitrogens with one attached hydrogen (secondary N) is 1. The molecule has 1 amide bonds. The number of carbonyl (C=O) groups excluding carboxylic acids is 1. The molecule has 33 heavy (non-hydrogen) atoms. The van der Waals surface area contributed by atoms with Crippen molar-refractivity contribution in [3.63, 3.8) is 0 Å². The van der Waals surface area contributed by atoms with Crippen LogP contribution in [0.2, 0.25) is 5.02 Å². The lowest BCUT2D eigenvalue weighted by atomic mass is 10.2. The highest BCUT2D eigenvalue weighted by Crippen LogP contribution is 2.22. The topological polar surface area (TPSA) is 85.6 Å². The van der Waals surface area contributed by atoms with Gasteiger partial charge in [0.2, 0.25) is 0 Å². The maximum Gasteiger partial charge on any atom is 0.266 e. The van der Waals surface area contributed by atoms with Gasteiger partial charge in [-0.15, -0.1) is 0 Å². The van der Waals surface area contributed by atoms with E-state index >= 15 is 0 Å². The van der Waals surface area contributed by atoms with E-state index in [0.717, 1.165) is 17.3 Å². The second-order valence-corrected chi connectivity index (χ2v) is 8.26. The minimum atomic E-state index is -0.325. The molecule has 0 radical (unpaired) electrons. The van der Waals surface area contributed by atoms with Gasteiger partial charge >= 0.3 is 0 Å². The van der Waals surface area contributed by atoms with Crippen LogP contribution in [0.1, 0.15) is 5.56 Å². The monoisotopic (exact) mass is 478 g/mol. The molecule has 0 fully saturated rings. The fourth-order valence-electron chi connectivity index (χ4n) is 3.06. The number of thioether (sulfide) groups is 1. The van der Waals surface area contributed by atoms with Crippen molar-refractivity contribution in [2.45, 2.75) is 5.16 Å². The third-order valence-electron chi connectivity index (χ3n) is 4.68. The van der Waals surface area contributed by atoms with Crippen molar-refractivity contribution in [2.24, 2.45) is 5.10 Å². The summed E-state index contributed by atoms with van der Waals surface area (Å²) in [5.74, 6) is 0.375.